The van der Waals surface area contributed by atoms with E-state index in [0.29, 0.717) is 17.3 Å². The molecule has 0 saturated carbocycles. The van der Waals surface area contributed by atoms with Crippen molar-refractivity contribution in [3.8, 4) is 5.75 Å². The molecule has 0 radical (unpaired) electrons. The third kappa shape index (κ3) is 3.73. The largest absolute Gasteiger partial charge is 0.496 e. The summed E-state index contributed by atoms with van der Waals surface area (Å²) in [7, 11) is -1.89. The smallest absolute Gasteiger partial charge is 0.250 e. The molecule has 0 spiro atoms. The highest BCUT2D eigenvalue weighted by Crippen LogP contribution is 2.25. The Labute approximate surface area is 127 Å². The number of thiophene rings is 1. The summed E-state index contributed by atoms with van der Waals surface area (Å²) in [4.78, 5) is 0. The van der Waals surface area contributed by atoms with E-state index in [0.717, 1.165) is 22.6 Å². The van der Waals surface area contributed by atoms with Gasteiger partial charge in [0.25, 0.3) is 0 Å². The number of benzene rings is 1. The third-order valence-corrected chi connectivity index (χ3v) is 5.88. The fourth-order valence-electron chi connectivity index (χ4n) is 1.74. The van der Waals surface area contributed by atoms with Gasteiger partial charge in [-0.1, -0.05) is 29.8 Å². The lowest BCUT2D eigenvalue weighted by Gasteiger charge is -2.08. The Morgan fingerprint density at radius 3 is 2.65 bits per heavy atom. The standard InChI is InChI=1S/C13H14ClNO3S2/c1-18-11-5-3-2-4-10(11)8-9-15-20(16,17)13-7-6-12(14)19-13/h2-7,15H,8-9H2,1H3. The maximum Gasteiger partial charge on any atom is 0.250 e. The molecule has 7 heteroatoms. The van der Waals surface area contributed by atoms with Crippen molar-refractivity contribution in [3.63, 3.8) is 0 Å². The number of hydrogen-bond donors (Lipinski definition) is 1. The Balaban J connectivity index is 1.99. The summed E-state index contributed by atoms with van der Waals surface area (Å²) in [5.74, 6) is 0.755. The summed E-state index contributed by atoms with van der Waals surface area (Å²) in [5, 5.41) is 0. The molecule has 0 aliphatic carbocycles. The van der Waals surface area contributed by atoms with Gasteiger partial charge in [-0.25, -0.2) is 13.1 Å². The van der Waals surface area contributed by atoms with Gasteiger partial charge >= 0.3 is 0 Å². The van der Waals surface area contributed by atoms with Crippen molar-refractivity contribution in [2.75, 3.05) is 13.7 Å². The zero-order valence-electron chi connectivity index (χ0n) is 10.8. The van der Waals surface area contributed by atoms with Crippen molar-refractivity contribution < 1.29 is 13.2 Å². The van der Waals surface area contributed by atoms with Gasteiger partial charge in [-0.3, -0.25) is 0 Å². The SMILES string of the molecule is COc1ccccc1CCNS(=O)(=O)c1ccc(Cl)s1. The quantitative estimate of drug-likeness (QED) is 0.885. The van der Waals surface area contributed by atoms with Gasteiger partial charge in [0.05, 0.1) is 11.4 Å². The van der Waals surface area contributed by atoms with E-state index in [1.807, 2.05) is 24.3 Å². The van der Waals surface area contributed by atoms with Gasteiger partial charge in [0.2, 0.25) is 10.0 Å². The average Bonchev–Trinajstić information content (AvgIpc) is 2.87. The van der Waals surface area contributed by atoms with Crippen LogP contribution in [0, 0.1) is 0 Å². The zero-order valence-corrected chi connectivity index (χ0v) is 13.2. The van der Waals surface area contributed by atoms with Gasteiger partial charge in [-0.2, -0.15) is 0 Å². The van der Waals surface area contributed by atoms with Crippen LogP contribution in [-0.2, 0) is 16.4 Å². The first-order valence-corrected chi connectivity index (χ1v) is 8.57. The number of ether oxygens (including phenoxy) is 1. The van der Waals surface area contributed by atoms with E-state index in [4.69, 9.17) is 16.3 Å². The van der Waals surface area contributed by atoms with E-state index in [-0.39, 0.29) is 4.21 Å². The molecular formula is C13H14ClNO3S2. The molecule has 1 heterocycles. The van der Waals surface area contributed by atoms with E-state index >= 15 is 0 Å². The lowest BCUT2D eigenvalue weighted by Crippen LogP contribution is -2.25. The number of methoxy groups -OCH3 is 1. The minimum atomic E-state index is -3.49. The van der Waals surface area contributed by atoms with Crippen molar-refractivity contribution in [1.82, 2.24) is 4.72 Å². The molecule has 0 amide bonds. The second kappa shape index (κ2) is 6.58. The predicted octanol–water partition coefficient (Wildman–Crippen LogP) is 2.93. The van der Waals surface area contributed by atoms with E-state index in [9.17, 15) is 8.42 Å². The molecule has 108 valence electrons. The van der Waals surface area contributed by atoms with E-state index in [2.05, 4.69) is 4.72 Å². The maximum atomic E-state index is 12.0. The first-order valence-electron chi connectivity index (χ1n) is 5.90. The molecule has 1 aromatic carbocycles. The van der Waals surface area contributed by atoms with Crippen LogP contribution in [-0.4, -0.2) is 22.1 Å². The highest BCUT2D eigenvalue weighted by molar-refractivity contribution is 7.91. The summed E-state index contributed by atoms with van der Waals surface area (Å²) in [5.41, 5.74) is 0.960. The summed E-state index contributed by atoms with van der Waals surface area (Å²) in [6.45, 7) is 0.304. The molecule has 0 atom stereocenters. The second-order valence-corrected chi connectivity index (χ2v) is 7.73. The molecule has 0 bridgehead atoms. The predicted molar refractivity (Wildman–Crippen MR) is 81.2 cm³/mol. The molecule has 1 aromatic heterocycles. The molecule has 0 saturated heterocycles. The zero-order chi connectivity index (χ0) is 14.6. The fraction of sp³-hybridized carbons (Fsp3) is 0.231. The molecule has 2 rings (SSSR count). The van der Waals surface area contributed by atoms with E-state index < -0.39 is 10.0 Å². The van der Waals surface area contributed by atoms with Gasteiger partial charge in [0, 0.05) is 6.54 Å². The molecule has 2 aromatic rings. The Morgan fingerprint density at radius 1 is 1.25 bits per heavy atom. The van der Waals surface area contributed by atoms with Crippen LogP contribution in [0.15, 0.2) is 40.6 Å². The lowest BCUT2D eigenvalue weighted by atomic mass is 10.1. The molecule has 0 unspecified atom stereocenters. The molecule has 0 aliphatic rings. The number of nitrogens with one attached hydrogen (secondary N) is 1. The van der Waals surface area contributed by atoms with Gasteiger partial charge in [-0.15, -0.1) is 11.3 Å². The van der Waals surface area contributed by atoms with Gasteiger partial charge in [0.15, 0.2) is 0 Å². The topological polar surface area (TPSA) is 55.4 Å². The van der Waals surface area contributed by atoms with Gasteiger partial charge in [0.1, 0.15) is 9.96 Å². The number of hydrogen-bond acceptors (Lipinski definition) is 4. The molecule has 4 nitrogen and oxygen atoms in total. The summed E-state index contributed by atoms with van der Waals surface area (Å²) in [6.07, 6.45) is 0.558. The molecule has 1 N–H and O–H groups in total. The minimum absolute atomic E-state index is 0.225. The Hall–Kier alpha value is -1.08. The number of sulfonamides is 1. The summed E-state index contributed by atoms with van der Waals surface area (Å²) in [6, 6.07) is 10.6. The van der Waals surface area contributed by atoms with Crippen LogP contribution in [0.5, 0.6) is 5.75 Å². The third-order valence-electron chi connectivity index (χ3n) is 2.69. The highest BCUT2D eigenvalue weighted by atomic mass is 35.5. The summed E-state index contributed by atoms with van der Waals surface area (Å²) < 4.78 is 32.5. The van der Waals surface area contributed by atoms with Crippen LogP contribution in [0.25, 0.3) is 0 Å². The van der Waals surface area contributed by atoms with Crippen LogP contribution in [0.1, 0.15) is 5.56 Å². The lowest BCUT2D eigenvalue weighted by molar-refractivity contribution is 0.409. The van der Waals surface area contributed by atoms with Crippen molar-refractivity contribution >= 4 is 33.0 Å². The van der Waals surface area contributed by atoms with E-state index in [1.165, 1.54) is 6.07 Å². The van der Waals surface area contributed by atoms with Crippen LogP contribution in [0.4, 0.5) is 0 Å². The monoisotopic (exact) mass is 331 g/mol. The first-order chi connectivity index (χ1) is 9.53. The van der Waals surface area contributed by atoms with Crippen molar-refractivity contribution in [3.05, 3.63) is 46.3 Å². The normalized spacial score (nSPS) is 11.5. The minimum Gasteiger partial charge on any atom is -0.496 e. The molecule has 20 heavy (non-hydrogen) atoms. The number of rotatable bonds is 6. The van der Waals surface area contributed by atoms with Crippen LogP contribution in [0.2, 0.25) is 4.34 Å². The van der Waals surface area contributed by atoms with Gasteiger partial charge in [-0.05, 0) is 30.2 Å². The van der Waals surface area contributed by atoms with Crippen LogP contribution < -0.4 is 9.46 Å². The molecule has 0 fully saturated rings. The van der Waals surface area contributed by atoms with E-state index in [1.54, 1.807) is 13.2 Å². The van der Waals surface area contributed by atoms with Crippen molar-refractivity contribution in [2.45, 2.75) is 10.6 Å². The van der Waals surface area contributed by atoms with Crippen molar-refractivity contribution in [2.24, 2.45) is 0 Å². The van der Waals surface area contributed by atoms with Gasteiger partial charge < -0.3 is 4.74 Å². The number of para-hydroxylation sites is 1. The molecule has 0 aliphatic heterocycles. The van der Waals surface area contributed by atoms with Crippen molar-refractivity contribution in [1.29, 1.82) is 0 Å². The summed E-state index contributed by atoms with van der Waals surface area (Å²) >= 11 is 6.78. The average molecular weight is 332 g/mol. The Morgan fingerprint density at radius 2 is 2.00 bits per heavy atom. The number of halogens is 1. The maximum absolute atomic E-state index is 12.0. The van der Waals surface area contributed by atoms with Crippen LogP contribution in [0.3, 0.4) is 0 Å². The highest BCUT2D eigenvalue weighted by Gasteiger charge is 2.16. The molecular weight excluding hydrogens is 318 g/mol. The Bertz CT molecular complexity index is 682. The second-order valence-electron chi connectivity index (χ2n) is 4.02. The fourth-order valence-corrected chi connectivity index (χ4v) is 4.30. The van der Waals surface area contributed by atoms with Crippen LogP contribution >= 0.6 is 22.9 Å². The Kier molecular flexibility index (Phi) is 5.04. The first kappa shape index (κ1) is 15.3.